The maximum atomic E-state index is 4.10. The Morgan fingerprint density at radius 1 is 0.891 bits per heavy atom. The molecule has 1 atom stereocenters. The second-order valence-electron chi connectivity index (χ2n) is 12.6. The van der Waals surface area contributed by atoms with E-state index in [0.717, 1.165) is 32.1 Å². The van der Waals surface area contributed by atoms with Crippen molar-refractivity contribution in [1.82, 2.24) is 0 Å². The molecule has 4 aromatic carbocycles. The summed E-state index contributed by atoms with van der Waals surface area (Å²) in [4.78, 5) is 1.27. The van der Waals surface area contributed by atoms with Gasteiger partial charge in [0.25, 0.3) is 0 Å². The van der Waals surface area contributed by atoms with Gasteiger partial charge < -0.3 is 0 Å². The third-order valence-electron chi connectivity index (χ3n) is 9.73. The molecule has 0 saturated carbocycles. The maximum Gasteiger partial charge on any atom is 0.0433 e. The first-order valence-electron chi connectivity index (χ1n) is 16.8. The molecule has 5 aromatic rings. The largest absolute Gasteiger partial charge is 0.135 e. The van der Waals surface area contributed by atoms with E-state index >= 15 is 0 Å². The molecule has 0 N–H and O–H groups in total. The van der Waals surface area contributed by atoms with Gasteiger partial charge in [0.15, 0.2) is 0 Å². The van der Waals surface area contributed by atoms with Gasteiger partial charge in [0.1, 0.15) is 0 Å². The molecule has 0 saturated heterocycles. The van der Waals surface area contributed by atoms with E-state index in [1.165, 1.54) is 81.7 Å². The average Bonchev–Trinajstić information content (AvgIpc) is 3.46. The van der Waals surface area contributed by atoms with Crippen molar-refractivity contribution in [2.75, 3.05) is 0 Å². The molecule has 1 unspecified atom stereocenters. The van der Waals surface area contributed by atoms with Crippen LogP contribution in [0.1, 0.15) is 88.4 Å². The monoisotopic (exact) mass is 614 g/mol. The minimum absolute atomic E-state index is 0.390. The van der Waals surface area contributed by atoms with Crippen molar-refractivity contribution in [2.24, 2.45) is 0 Å². The van der Waals surface area contributed by atoms with E-state index in [1.54, 1.807) is 0 Å². The Morgan fingerprint density at radius 2 is 1.72 bits per heavy atom. The topological polar surface area (TPSA) is 0 Å². The minimum atomic E-state index is 0.390. The number of rotatable bonds is 8. The summed E-state index contributed by atoms with van der Waals surface area (Å²) in [5, 5.41) is 1.29. The van der Waals surface area contributed by atoms with Crippen molar-refractivity contribution in [1.29, 1.82) is 0 Å². The fourth-order valence-corrected chi connectivity index (χ4v) is 8.81. The first kappa shape index (κ1) is 30.2. The van der Waals surface area contributed by atoms with Crippen LogP contribution in [-0.2, 0) is 12.8 Å². The van der Waals surface area contributed by atoms with Crippen LogP contribution in [0.5, 0.6) is 0 Å². The van der Waals surface area contributed by atoms with Gasteiger partial charge in [-0.25, -0.2) is 0 Å². The molecule has 228 valence electrons. The molecule has 0 fully saturated rings. The van der Waals surface area contributed by atoms with Crippen molar-refractivity contribution in [3.8, 4) is 11.1 Å². The Bertz CT molecular complexity index is 2050. The van der Waals surface area contributed by atoms with Gasteiger partial charge in [-0.05, 0) is 112 Å². The second kappa shape index (κ2) is 13.1. The van der Waals surface area contributed by atoms with Crippen molar-refractivity contribution in [3.05, 3.63) is 165 Å². The highest BCUT2D eigenvalue weighted by molar-refractivity contribution is 7.20. The highest BCUT2D eigenvalue weighted by atomic mass is 32.1. The standard InChI is InChI=1S/C45H42S/c1-5-12-33-14-8-9-15-37(33)40-17-11-18-41-38(29-20-30(4)44(40)41)34-25-21-31(22-26-34)32-23-27-35(28-24-32)39-16-10-19-42-36(7-3)43(13-6-2)46-45(39)42/h6-10,13-17,19-21,23-29,31H,3,5,11-12,18,22H2,1-2,4H3/b13-6-. The van der Waals surface area contributed by atoms with Gasteiger partial charge >= 0.3 is 0 Å². The molecule has 0 amide bonds. The highest BCUT2D eigenvalue weighted by Crippen LogP contribution is 2.42. The van der Waals surface area contributed by atoms with Gasteiger partial charge in [-0.15, -0.1) is 11.3 Å². The van der Waals surface area contributed by atoms with E-state index in [-0.39, 0.29) is 0 Å². The van der Waals surface area contributed by atoms with Crippen LogP contribution >= 0.6 is 11.3 Å². The Morgan fingerprint density at radius 3 is 2.48 bits per heavy atom. The third-order valence-corrected chi connectivity index (χ3v) is 10.9. The molecule has 46 heavy (non-hydrogen) atoms. The summed E-state index contributed by atoms with van der Waals surface area (Å²) in [5.41, 5.74) is 16.6. The van der Waals surface area contributed by atoms with Gasteiger partial charge in [-0.1, -0.05) is 135 Å². The highest BCUT2D eigenvalue weighted by Gasteiger charge is 2.23. The lowest BCUT2D eigenvalue weighted by atomic mass is 9.78. The van der Waals surface area contributed by atoms with E-state index in [0.29, 0.717) is 5.92 Å². The number of benzene rings is 4. The lowest BCUT2D eigenvalue weighted by Gasteiger charge is -2.26. The molecule has 2 aliphatic carbocycles. The van der Waals surface area contributed by atoms with E-state index in [2.05, 4.69) is 143 Å². The molecular formula is C45H42S. The summed E-state index contributed by atoms with van der Waals surface area (Å²) in [5.74, 6) is 0.390. The van der Waals surface area contributed by atoms with Crippen molar-refractivity contribution < 1.29 is 0 Å². The molecule has 1 aromatic heterocycles. The second-order valence-corrected chi connectivity index (χ2v) is 13.6. The number of hydrogen-bond donors (Lipinski definition) is 0. The van der Waals surface area contributed by atoms with E-state index in [1.807, 2.05) is 17.4 Å². The predicted molar refractivity (Wildman–Crippen MR) is 204 cm³/mol. The average molecular weight is 615 g/mol. The molecule has 1 heteroatoms. The summed E-state index contributed by atoms with van der Waals surface area (Å²) in [7, 11) is 0. The van der Waals surface area contributed by atoms with Gasteiger partial charge in [0, 0.05) is 20.9 Å². The van der Waals surface area contributed by atoms with Crippen LogP contribution in [0.15, 0.2) is 116 Å². The fourth-order valence-electron chi connectivity index (χ4n) is 7.49. The summed E-state index contributed by atoms with van der Waals surface area (Å²) in [6.45, 7) is 10.7. The molecule has 7 rings (SSSR count). The lowest BCUT2D eigenvalue weighted by Crippen LogP contribution is -2.09. The van der Waals surface area contributed by atoms with Crippen LogP contribution in [0, 0.1) is 6.92 Å². The summed E-state index contributed by atoms with van der Waals surface area (Å²) in [6.07, 6.45) is 21.5. The van der Waals surface area contributed by atoms with Crippen molar-refractivity contribution in [2.45, 2.75) is 58.8 Å². The molecule has 0 nitrogen and oxygen atoms in total. The van der Waals surface area contributed by atoms with Gasteiger partial charge in [-0.3, -0.25) is 0 Å². The van der Waals surface area contributed by atoms with Crippen molar-refractivity contribution in [3.63, 3.8) is 0 Å². The molecule has 0 aliphatic heterocycles. The molecule has 0 spiro atoms. The Labute approximate surface area is 278 Å². The normalized spacial score (nSPS) is 16.0. The first-order valence-corrected chi connectivity index (χ1v) is 17.6. The lowest BCUT2D eigenvalue weighted by molar-refractivity contribution is 0.856. The van der Waals surface area contributed by atoms with E-state index in [9.17, 15) is 0 Å². The Balaban J connectivity index is 1.15. The fraction of sp³-hybridized carbons (Fsp3) is 0.200. The Hall–Kier alpha value is -4.46. The summed E-state index contributed by atoms with van der Waals surface area (Å²) >= 11 is 1.86. The number of hydrogen-bond acceptors (Lipinski definition) is 1. The summed E-state index contributed by atoms with van der Waals surface area (Å²) in [6, 6.07) is 29.6. The van der Waals surface area contributed by atoms with Crippen LogP contribution in [-0.4, -0.2) is 0 Å². The number of thiophene rings is 1. The minimum Gasteiger partial charge on any atom is -0.135 e. The van der Waals surface area contributed by atoms with Crippen LogP contribution < -0.4 is 0 Å². The van der Waals surface area contributed by atoms with Gasteiger partial charge in [0.05, 0.1) is 0 Å². The first-order chi connectivity index (χ1) is 22.6. The molecule has 0 radical (unpaired) electrons. The van der Waals surface area contributed by atoms with Crippen LogP contribution in [0.25, 0.3) is 44.5 Å². The predicted octanol–water partition coefficient (Wildman–Crippen LogP) is 13.0. The quantitative estimate of drug-likeness (QED) is 0.163. The van der Waals surface area contributed by atoms with Crippen molar-refractivity contribution >= 4 is 44.7 Å². The van der Waals surface area contributed by atoms with E-state index in [4.69, 9.17) is 0 Å². The zero-order valence-electron chi connectivity index (χ0n) is 27.3. The summed E-state index contributed by atoms with van der Waals surface area (Å²) < 4.78 is 1.33. The molecule has 1 heterocycles. The van der Waals surface area contributed by atoms with Crippen LogP contribution in [0.2, 0.25) is 0 Å². The van der Waals surface area contributed by atoms with Gasteiger partial charge in [-0.2, -0.15) is 0 Å². The zero-order chi connectivity index (χ0) is 31.6. The SMILES string of the molecule is C=Cc1c(/C=C\C)sc2c(-c3ccc(C4C=CC(c5ccc(C)c6c5CCC=C6c5ccccc5CCC)=CC4)cc3)cccc12. The number of allylic oxidation sites excluding steroid dienone is 6. The Kier molecular flexibility index (Phi) is 8.61. The van der Waals surface area contributed by atoms with Gasteiger partial charge in [0.2, 0.25) is 0 Å². The molecular weight excluding hydrogens is 573 g/mol. The smallest absolute Gasteiger partial charge is 0.0433 e. The zero-order valence-corrected chi connectivity index (χ0v) is 28.1. The van der Waals surface area contributed by atoms with Crippen LogP contribution in [0.3, 0.4) is 0 Å². The molecule has 0 bridgehead atoms. The number of aryl methyl sites for hydroxylation is 2. The third kappa shape index (κ3) is 5.48. The molecule has 2 aliphatic rings. The number of fused-ring (bicyclic) bond motifs is 2. The maximum absolute atomic E-state index is 4.10. The van der Waals surface area contributed by atoms with E-state index < -0.39 is 0 Å². The van der Waals surface area contributed by atoms with Crippen LogP contribution in [0.4, 0.5) is 0 Å².